The maximum atomic E-state index is 8.46. The van der Waals surface area contributed by atoms with Crippen molar-refractivity contribution >= 4 is 17.7 Å². The molecule has 0 amide bonds. The third kappa shape index (κ3) is 2.20. The Balaban J connectivity index is 2.45. The average Bonchev–Trinajstić information content (AvgIpc) is 2.17. The molecule has 0 aromatic rings. The first-order chi connectivity index (χ1) is 5.77. The molecular weight excluding hydrogens is 174 g/mol. The maximum absolute atomic E-state index is 8.46. The summed E-state index contributed by atoms with van der Waals surface area (Å²) in [6.07, 6.45) is 1.14. The molecule has 0 aromatic heterocycles. The van der Waals surface area contributed by atoms with Gasteiger partial charge in [-0.2, -0.15) is 11.8 Å². The summed E-state index contributed by atoms with van der Waals surface area (Å²) in [4.78, 5) is 1.92. The zero-order valence-electron chi connectivity index (χ0n) is 7.23. The molecule has 1 heterocycles. The first-order valence-electron chi connectivity index (χ1n) is 4.12. The van der Waals surface area contributed by atoms with E-state index < -0.39 is 0 Å². The van der Waals surface area contributed by atoms with Crippen molar-refractivity contribution in [1.82, 2.24) is 4.90 Å². The molecule has 70 valence electrons. The SMILES string of the molecule is CCC1CN(C(N)=NO)CCS1. The predicted octanol–water partition coefficient (Wildman–Crippen LogP) is 0.518. The lowest BCUT2D eigenvalue weighted by Gasteiger charge is -2.31. The monoisotopic (exact) mass is 189 g/mol. The minimum Gasteiger partial charge on any atom is -0.408 e. The zero-order valence-corrected chi connectivity index (χ0v) is 8.05. The number of thioether (sulfide) groups is 1. The van der Waals surface area contributed by atoms with E-state index in [0.29, 0.717) is 5.25 Å². The summed E-state index contributed by atoms with van der Waals surface area (Å²) in [6.45, 7) is 3.95. The van der Waals surface area contributed by atoms with E-state index in [4.69, 9.17) is 10.9 Å². The number of hydrogen-bond donors (Lipinski definition) is 2. The topological polar surface area (TPSA) is 61.8 Å². The van der Waals surface area contributed by atoms with Gasteiger partial charge in [-0.3, -0.25) is 0 Å². The summed E-state index contributed by atoms with van der Waals surface area (Å²) in [5.41, 5.74) is 5.48. The van der Waals surface area contributed by atoms with Crippen LogP contribution in [0.2, 0.25) is 0 Å². The van der Waals surface area contributed by atoms with E-state index in [2.05, 4.69) is 12.1 Å². The minimum atomic E-state index is 0.244. The number of guanidine groups is 1. The molecule has 1 unspecified atom stereocenters. The highest BCUT2D eigenvalue weighted by molar-refractivity contribution is 8.00. The molecule has 0 spiro atoms. The third-order valence-electron chi connectivity index (χ3n) is 2.02. The lowest BCUT2D eigenvalue weighted by molar-refractivity contribution is 0.298. The van der Waals surface area contributed by atoms with Crippen LogP contribution in [0.15, 0.2) is 5.16 Å². The van der Waals surface area contributed by atoms with E-state index in [0.717, 1.165) is 25.3 Å². The Hall–Kier alpha value is -0.580. The molecule has 1 aliphatic rings. The molecule has 5 heteroatoms. The highest BCUT2D eigenvalue weighted by atomic mass is 32.2. The van der Waals surface area contributed by atoms with Gasteiger partial charge in [-0.15, -0.1) is 0 Å². The molecular formula is C7H15N3OS. The van der Waals surface area contributed by atoms with Gasteiger partial charge in [-0.25, -0.2) is 0 Å². The first-order valence-corrected chi connectivity index (χ1v) is 5.17. The molecule has 4 nitrogen and oxygen atoms in total. The molecule has 0 saturated carbocycles. The smallest absolute Gasteiger partial charge is 0.233 e. The van der Waals surface area contributed by atoms with Gasteiger partial charge in [-0.1, -0.05) is 12.1 Å². The molecule has 1 atom stereocenters. The number of oxime groups is 1. The lowest BCUT2D eigenvalue weighted by atomic mass is 10.3. The van der Waals surface area contributed by atoms with Gasteiger partial charge >= 0.3 is 0 Å². The predicted molar refractivity (Wildman–Crippen MR) is 51.5 cm³/mol. The number of nitrogens with two attached hydrogens (primary N) is 1. The minimum absolute atomic E-state index is 0.244. The first kappa shape index (κ1) is 9.51. The summed E-state index contributed by atoms with van der Waals surface area (Å²) < 4.78 is 0. The molecule has 0 aliphatic carbocycles. The number of nitrogens with zero attached hydrogens (tertiary/aromatic N) is 2. The molecule has 0 radical (unpaired) electrons. The highest BCUT2D eigenvalue weighted by Crippen LogP contribution is 2.20. The van der Waals surface area contributed by atoms with Crippen LogP contribution in [0.5, 0.6) is 0 Å². The van der Waals surface area contributed by atoms with Gasteiger partial charge in [0.25, 0.3) is 0 Å². The quantitative estimate of drug-likeness (QED) is 0.273. The summed E-state index contributed by atoms with van der Waals surface area (Å²) >= 11 is 1.96. The van der Waals surface area contributed by atoms with Gasteiger partial charge in [0.2, 0.25) is 5.96 Å². The van der Waals surface area contributed by atoms with Crippen LogP contribution in [-0.4, -0.2) is 40.2 Å². The molecule has 1 aliphatic heterocycles. The molecule has 1 fully saturated rings. The third-order valence-corrected chi connectivity index (χ3v) is 3.39. The van der Waals surface area contributed by atoms with E-state index in [-0.39, 0.29) is 5.96 Å². The Morgan fingerprint density at radius 2 is 2.58 bits per heavy atom. The summed E-state index contributed by atoms with van der Waals surface area (Å²) in [6, 6.07) is 0. The molecule has 0 aromatic carbocycles. The van der Waals surface area contributed by atoms with Crippen molar-refractivity contribution in [3.05, 3.63) is 0 Å². The van der Waals surface area contributed by atoms with E-state index in [9.17, 15) is 0 Å². The summed E-state index contributed by atoms with van der Waals surface area (Å²) in [5.74, 6) is 1.31. The van der Waals surface area contributed by atoms with Crippen LogP contribution < -0.4 is 5.73 Å². The second kappa shape index (κ2) is 4.45. The maximum Gasteiger partial charge on any atom is 0.233 e. The van der Waals surface area contributed by atoms with Gasteiger partial charge < -0.3 is 15.8 Å². The summed E-state index contributed by atoms with van der Waals surface area (Å²) in [7, 11) is 0. The van der Waals surface area contributed by atoms with Crippen LogP contribution in [-0.2, 0) is 0 Å². The normalized spacial score (nSPS) is 25.9. The standard InChI is InChI=1S/C7H15N3OS/c1-2-6-5-10(3-4-12-6)7(8)9-11/h6,11H,2-5H2,1H3,(H2,8,9). The average molecular weight is 189 g/mol. The summed E-state index contributed by atoms with van der Waals surface area (Å²) in [5, 5.41) is 12.1. The zero-order chi connectivity index (χ0) is 8.97. The van der Waals surface area contributed by atoms with Crippen molar-refractivity contribution in [1.29, 1.82) is 0 Å². The fourth-order valence-electron chi connectivity index (χ4n) is 1.24. The van der Waals surface area contributed by atoms with Crippen LogP contribution in [0, 0.1) is 0 Å². The van der Waals surface area contributed by atoms with Crippen molar-refractivity contribution in [3.8, 4) is 0 Å². The van der Waals surface area contributed by atoms with E-state index in [1.165, 1.54) is 0 Å². The number of hydrogen-bond acceptors (Lipinski definition) is 3. The second-order valence-electron chi connectivity index (χ2n) is 2.81. The Bertz CT molecular complexity index is 174. The van der Waals surface area contributed by atoms with Gasteiger partial charge in [0.15, 0.2) is 0 Å². The van der Waals surface area contributed by atoms with E-state index >= 15 is 0 Å². The number of rotatable bonds is 1. The van der Waals surface area contributed by atoms with Gasteiger partial charge in [-0.05, 0) is 6.42 Å². The Labute approximate surface area is 76.8 Å². The van der Waals surface area contributed by atoms with Gasteiger partial charge in [0, 0.05) is 24.1 Å². The van der Waals surface area contributed by atoms with Crippen molar-refractivity contribution < 1.29 is 5.21 Å². The van der Waals surface area contributed by atoms with Crippen LogP contribution in [0.3, 0.4) is 0 Å². The highest BCUT2D eigenvalue weighted by Gasteiger charge is 2.20. The molecule has 1 rings (SSSR count). The van der Waals surface area contributed by atoms with Crippen molar-refractivity contribution in [2.75, 3.05) is 18.8 Å². The van der Waals surface area contributed by atoms with E-state index in [1.807, 2.05) is 16.7 Å². The van der Waals surface area contributed by atoms with Crippen molar-refractivity contribution in [2.45, 2.75) is 18.6 Å². The van der Waals surface area contributed by atoms with Gasteiger partial charge in [0.1, 0.15) is 0 Å². The lowest BCUT2D eigenvalue weighted by Crippen LogP contribution is -2.45. The second-order valence-corrected chi connectivity index (χ2v) is 4.21. The Morgan fingerprint density at radius 1 is 1.83 bits per heavy atom. The van der Waals surface area contributed by atoms with Crippen molar-refractivity contribution in [2.24, 2.45) is 10.9 Å². The van der Waals surface area contributed by atoms with Crippen molar-refractivity contribution in [3.63, 3.8) is 0 Å². The van der Waals surface area contributed by atoms with Crippen LogP contribution in [0.1, 0.15) is 13.3 Å². The molecule has 1 saturated heterocycles. The van der Waals surface area contributed by atoms with Crippen LogP contribution in [0.25, 0.3) is 0 Å². The fraction of sp³-hybridized carbons (Fsp3) is 0.857. The Morgan fingerprint density at radius 3 is 3.17 bits per heavy atom. The Kier molecular flexibility index (Phi) is 3.52. The van der Waals surface area contributed by atoms with E-state index in [1.54, 1.807) is 0 Å². The largest absolute Gasteiger partial charge is 0.408 e. The molecule has 0 bridgehead atoms. The molecule has 12 heavy (non-hydrogen) atoms. The van der Waals surface area contributed by atoms with Crippen LogP contribution in [0.4, 0.5) is 0 Å². The van der Waals surface area contributed by atoms with Gasteiger partial charge in [0.05, 0.1) is 0 Å². The molecule has 3 N–H and O–H groups in total. The fourth-order valence-corrected chi connectivity index (χ4v) is 2.42. The van der Waals surface area contributed by atoms with Crippen LogP contribution >= 0.6 is 11.8 Å².